The van der Waals surface area contributed by atoms with E-state index in [1.54, 1.807) is 48.5 Å². The molecule has 3 N–H and O–H groups in total. The molecule has 34 heavy (non-hydrogen) atoms. The van der Waals surface area contributed by atoms with Gasteiger partial charge in [0.2, 0.25) is 5.91 Å². The number of hydrogen-bond acceptors (Lipinski definition) is 5. The highest BCUT2D eigenvalue weighted by atomic mass is 35.5. The van der Waals surface area contributed by atoms with E-state index in [2.05, 4.69) is 15.4 Å². The Hall–Kier alpha value is -4.08. The molecular formula is C24H18ClN5O3S. The van der Waals surface area contributed by atoms with Gasteiger partial charge in [0.05, 0.1) is 5.69 Å². The molecule has 8 nitrogen and oxygen atoms in total. The quantitative estimate of drug-likeness (QED) is 0.429. The van der Waals surface area contributed by atoms with Gasteiger partial charge in [0.25, 0.3) is 11.8 Å². The second kappa shape index (κ2) is 10.2. The summed E-state index contributed by atoms with van der Waals surface area (Å²) in [5.74, 6) is -1.56. The second-order valence-corrected chi connectivity index (χ2v) is 8.47. The summed E-state index contributed by atoms with van der Waals surface area (Å²) >= 11 is 6.91. The monoisotopic (exact) mass is 491 g/mol. The SMILES string of the molecule is NC(=O)c1ccc(-n2nc(C(=O)NCc3ccccc3)c(=NC(=O)c3ccc(Cl)cc3)s2)cc1. The molecule has 170 valence electrons. The molecule has 3 amide bonds. The molecular weight excluding hydrogens is 474 g/mol. The lowest BCUT2D eigenvalue weighted by Gasteiger charge is -2.03. The summed E-state index contributed by atoms with van der Waals surface area (Å²) in [5.41, 5.74) is 7.45. The summed E-state index contributed by atoms with van der Waals surface area (Å²) in [4.78, 5) is 41.2. The third-order valence-corrected chi connectivity index (χ3v) is 5.92. The summed E-state index contributed by atoms with van der Waals surface area (Å²) in [6.07, 6.45) is 0. The van der Waals surface area contributed by atoms with Gasteiger partial charge in [-0.25, -0.2) is 0 Å². The minimum Gasteiger partial charge on any atom is -0.366 e. The van der Waals surface area contributed by atoms with Crippen LogP contribution in [-0.4, -0.2) is 26.9 Å². The molecule has 0 radical (unpaired) electrons. The first-order valence-electron chi connectivity index (χ1n) is 10.1. The number of nitrogens with two attached hydrogens (primary N) is 1. The number of aromatic nitrogens is 2. The summed E-state index contributed by atoms with van der Waals surface area (Å²) in [6.45, 7) is 0.287. The maximum Gasteiger partial charge on any atom is 0.278 e. The van der Waals surface area contributed by atoms with Crippen LogP contribution in [0.3, 0.4) is 0 Å². The molecule has 1 aromatic heterocycles. The second-order valence-electron chi connectivity index (χ2n) is 7.12. The van der Waals surface area contributed by atoms with Crippen LogP contribution in [0.4, 0.5) is 0 Å². The fourth-order valence-corrected chi connectivity index (χ4v) is 3.95. The number of carbonyl (C=O) groups is 3. The van der Waals surface area contributed by atoms with Gasteiger partial charge in [-0.05, 0) is 65.6 Å². The molecule has 0 saturated heterocycles. The standard InChI is InChI=1S/C24H18ClN5O3S/c25-18-10-6-17(7-11-18)22(32)28-24-20(23(33)27-14-15-4-2-1-3-5-15)29-30(34-24)19-12-8-16(9-13-19)21(26)31/h1-13H,14H2,(H2,26,31)(H,27,33). The fourth-order valence-electron chi connectivity index (χ4n) is 2.97. The first-order chi connectivity index (χ1) is 16.4. The average Bonchev–Trinajstić information content (AvgIpc) is 3.27. The van der Waals surface area contributed by atoms with E-state index in [1.165, 1.54) is 4.07 Å². The van der Waals surface area contributed by atoms with Crippen molar-refractivity contribution in [2.75, 3.05) is 0 Å². The number of hydrogen-bond donors (Lipinski definition) is 2. The molecule has 0 atom stereocenters. The molecule has 0 saturated carbocycles. The van der Waals surface area contributed by atoms with Gasteiger partial charge < -0.3 is 11.1 Å². The lowest BCUT2D eigenvalue weighted by molar-refractivity contribution is 0.0943. The van der Waals surface area contributed by atoms with Crippen LogP contribution in [0.15, 0.2) is 83.9 Å². The number of benzene rings is 3. The highest BCUT2D eigenvalue weighted by Gasteiger charge is 2.17. The molecule has 4 aromatic rings. The minimum atomic E-state index is -0.555. The zero-order valence-electron chi connectivity index (χ0n) is 17.6. The van der Waals surface area contributed by atoms with Crippen molar-refractivity contribution in [3.63, 3.8) is 0 Å². The van der Waals surface area contributed by atoms with Gasteiger partial charge in [-0.3, -0.25) is 14.4 Å². The number of primary amides is 1. The van der Waals surface area contributed by atoms with Crippen LogP contribution < -0.4 is 15.7 Å². The van der Waals surface area contributed by atoms with Gasteiger partial charge in [-0.1, -0.05) is 41.9 Å². The first kappa shape index (κ1) is 23.1. The zero-order chi connectivity index (χ0) is 24.1. The molecule has 0 aliphatic carbocycles. The van der Waals surface area contributed by atoms with Crippen LogP contribution in [0.25, 0.3) is 5.69 Å². The lowest BCUT2D eigenvalue weighted by atomic mass is 10.2. The molecule has 1 heterocycles. The third-order valence-electron chi connectivity index (χ3n) is 4.74. The Morgan fingerprint density at radius 1 is 0.941 bits per heavy atom. The van der Waals surface area contributed by atoms with E-state index in [-0.39, 0.29) is 16.9 Å². The summed E-state index contributed by atoms with van der Waals surface area (Å²) in [7, 11) is 0. The molecule has 10 heteroatoms. The number of carbonyl (C=O) groups excluding carboxylic acids is 3. The van der Waals surface area contributed by atoms with Crippen molar-refractivity contribution in [3.05, 3.63) is 111 Å². The van der Waals surface area contributed by atoms with E-state index < -0.39 is 17.7 Å². The lowest BCUT2D eigenvalue weighted by Crippen LogP contribution is -2.28. The van der Waals surface area contributed by atoms with Gasteiger partial charge >= 0.3 is 0 Å². The maximum absolute atomic E-state index is 13.0. The van der Waals surface area contributed by atoms with Crippen molar-refractivity contribution in [3.8, 4) is 5.69 Å². The topological polar surface area (TPSA) is 119 Å². The minimum absolute atomic E-state index is 0.00206. The van der Waals surface area contributed by atoms with Crippen molar-refractivity contribution in [1.82, 2.24) is 14.5 Å². The Morgan fingerprint density at radius 2 is 1.59 bits per heavy atom. The van der Waals surface area contributed by atoms with Crippen molar-refractivity contribution >= 4 is 40.9 Å². The predicted molar refractivity (Wildman–Crippen MR) is 129 cm³/mol. The van der Waals surface area contributed by atoms with Crippen LogP contribution in [0.1, 0.15) is 36.8 Å². The average molecular weight is 492 g/mol. The predicted octanol–water partition coefficient (Wildman–Crippen LogP) is 3.36. The first-order valence-corrected chi connectivity index (χ1v) is 11.2. The maximum atomic E-state index is 13.0. The Bertz CT molecular complexity index is 1410. The summed E-state index contributed by atoms with van der Waals surface area (Å²) < 4.78 is 1.60. The highest BCUT2D eigenvalue weighted by molar-refractivity contribution is 7.04. The normalized spacial score (nSPS) is 11.3. The molecule has 0 fully saturated rings. The van der Waals surface area contributed by atoms with E-state index in [0.717, 1.165) is 17.1 Å². The number of halogens is 1. The van der Waals surface area contributed by atoms with E-state index >= 15 is 0 Å². The van der Waals surface area contributed by atoms with Crippen LogP contribution in [-0.2, 0) is 6.54 Å². The Kier molecular flexibility index (Phi) is 6.95. The molecule has 0 spiro atoms. The number of amides is 3. The van der Waals surface area contributed by atoms with Crippen molar-refractivity contribution in [2.45, 2.75) is 6.54 Å². The Labute approximate surface area is 203 Å². The van der Waals surface area contributed by atoms with Crippen molar-refractivity contribution in [1.29, 1.82) is 0 Å². The summed E-state index contributed by atoms with van der Waals surface area (Å²) in [5, 5.41) is 7.67. The van der Waals surface area contributed by atoms with E-state index in [1.807, 2.05) is 30.3 Å². The molecule has 3 aromatic carbocycles. The van der Waals surface area contributed by atoms with Crippen LogP contribution in [0, 0.1) is 0 Å². The van der Waals surface area contributed by atoms with Crippen LogP contribution in [0.5, 0.6) is 0 Å². The van der Waals surface area contributed by atoms with E-state index in [0.29, 0.717) is 21.8 Å². The largest absolute Gasteiger partial charge is 0.366 e. The Morgan fingerprint density at radius 3 is 2.24 bits per heavy atom. The van der Waals surface area contributed by atoms with Gasteiger partial charge in [-0.15, -0.1) is 5.10 Å². The van der Waals surface area contributed by atoms with Crippen LogP contribution in [0.2, 0.25) is 5.02 Å². The number of rotatable bonds is 6. The highest BCUT2D eigenvalue weighted by Crippen LogP contribution is 2.13. The van der Waals surface area contributed by atoms with E-state index in [9.17, 15) is 14.4 Å². The molecule has 0 unspecified atom stereocenters. The van der Waals surface area contributed by atoms with Gasteiger partial charge in [0.15, 0.2) is 10.4 Å². The third kappa shape index (κ3) is 5.45. The van der Waals surface area contributed by atoms with Gasteiger partial charge in [0, 0.05) is 22.7 Å². The Balaban J connectivity index is 1.69. The van der Waals surface area contributed by atoms with Crippen LogP contribution >= 0.6 is 23.1 Å². The summed E-state index contributed by atoms with van der Waals surface area (Å²) in [6, 6.07) is 22.1. The molecule has 0 bridgehead atoms. The number of nitrogens with one attached hydrogen (secondary N) is 1. The zero-order valence-corrected chi connectivity index (χ0v) is 19.2. The fraction of sp³-hybridized carbons (Fsp3) is 0.0417. The van der Waals surface area contributed by atoms with E-state index in [4.69, 9.17) is 17.3 Å². The molecule has 0 aliphatic heterocycles. The smallest absolute Gasteiger partial charge is 0.278 e. The molecule has 0 aliphatic rings. The van der Waals surface area contributed by atoms with Crippen molar-refractivity contribution < 1.29 is 14.4 Å². The number of nitrogens with zero attached hydrogens (tertiary/aromatic N) is 3. The van der Waals surface area contributed by atoms with Gasteiger partial charge in [-0.2, -0.15) is 9.06 Å². The van der Waals surface area contributed by atoms with Crippen molar-refractivity contribution in [2.24, 2.45) is 10.7 Å². The molecule has 4 rings (SSSR count). The van der Waals surface area contributed by atoms with Gasteiger partial charge in [0.1, 0.15) is 0 Å².